The summed E-state index contributed by atoms with van der Waals surface area (Å²) in [7, 11) is 1.72. The number of imide groups is 1. The maximum Gasteiger partial charge on any atom is 0.325 e. The van der Waals surface area contributed by atoms with E-state index in [4.69, 9.17) is 0 Å². The van der Waals surface area contributed by atoms with Crippen LogP contribution < -0.4 is 16.2 Å². The zero-order chi connectivity index (χ0) is 23.3. The second-order valence-corrected chi connectivity index (χ2v) is 9.32. The van der Waals surface area contributed by atoms with Gasteiger partial charge < -0.3 is 10.6 Å². The molecule has 5 rings (SSSR count). The van der Waals surface area contributed by atoms with Crippen LogP contribution in [0.1, 0.15) is 29.0 Å². The van der Waals surface area contributed by atoms with Crippen molar-refractivity contribution in [1.82, 2.24) is 19.6 Å². The summed E-state index contributed by atoms with van der Waals surface area (Å²) in [4.78, 5) is 53.9. The van der Waals surface area contributed by atoms with Crippen molar-refractivity contribution in [2.24, 2.45) is 7.05 Å². The van der Waals surface area contributed by atoms with Crippen molar-refractivity contribution < 1.29 is 14.4 Å². The molecule has 2 aromatic heterocycles. The largest absolute Gasteiger partial charge is 0.325 e. The Bertz CT molecular complexity index is 1340. The molecule has 0 unspecified atom stereocenters. The van der Waals surface area contributed by atoms with E-state index in [0.29, 0.717) is 17.8 Å². The van der Waals surface area contributed by atoms with E-state index in [0.717, 1.165) is 28.2 Å². The minimum atomic E-state index is -1.10. The third-order valence-corrected chi connectivity index (χ3v) is 7.44. The molecule has 1 atom stereocenters. The molecule has 170 valence electrons. The summed E-state index contributed by atoms with van der Waals surface area (Å²) >= 11 is 1.57. The predicted molar refractivity (Wildman–Crippen MR) is 124 cm³/mol. The van der Waals surface area contributed by atoms with Crippen molar-refractivity contribution in [3.05, 3.63) is 68.3 Å². The van der Waals surface area contributed by atoms with E-state index in [1.54, 1.807) is 42.1 Å². The molecule has 2 N–H and O–H groups in total. The van der Waals surface area contributed by atoms with E-state index >= 15 is 0 Å². The second-order valence-electron chi connectivity index (χ2n) is 8.32. The summed E-state index contributed by atoms with van der Waals surface area (Å²) < 4.78 is 3.10. The molecule has 3 aromatic rings. The Morgan fingerprint density at radius 3 is 2.70 bits per heavy atom. The molecule has 10 heteroatoms. The fourth-order valence-corrected chi connectivity index (χ4v) is 5.72. The highest BCUT2D eigenvalue weighted by atomic mass is 32.1. The van der Waals surface area contributed by atoms with E-state index in [1.807, 2.05) is 29.6 Å². The van der Waals surface area contributed by atoms with Crippen LogP contribution >= 0.6 is 11.3 Å². The van der Waals surface area contributed by atoms with Crippen LogP contribution in [0.5, 0.6) is 0 Å². The van der Waals surface area contributed by atoms with Crippen LogP contribution in [0.4, 0.5) is 10.5 Å². The van der Waals surface area contributed by atoms with E-state index in [-0.39, 0.29) is 5.69 Å². The number of carbonyl (C=O) groups excluding carboxylic acids is 3. The molecule has 2 aliphatic rings. The third kappa shape index (κ3) is 3.20. The monoisotopic (exact) mass is 465 g/mol. The van der Waals surface area contributed by atoms with Crippen LogP contribution in [0.15, 0.2) is 46.6 Å². The molecule has 1 aliphatic heterocycles. The first-order valence-corrected chi connectivity index (χ1v) is 11.6. The quantitative estimate of drug-likeness (QED) is 0.577. The SMILES string of the molecule is Cc1c(NC(=O)CN2C(=O)N[C@@]3(CCCc4sccc43)C2=O)c(=O)n(-c2ccccc2)n1C. The minimum absolute atomic E-state index is 0.117. The van der Waals surface area contributed by atoms with Gasteiger partial charge in [0.25, 0.3) is 11.5 Å². The number of amides is 4. The summed E-state index contributed by atoms with van der Waals surface area (Å²) in [5.74, 6) is -1.03. The second kappa shape index (κ2) is 7.73. The average molecular weight is 466 g/mol. The van der Waals surface area contributed by atoms with Gasteiger partial charge in [-0.05, 0) is 49.8 Å². The van der Waals surface area contributed by atoms with Gasteiger partial charge in [0.15, 0.2) is 0 Å². The Hall–Kier alpha value is -3.66. The van der Waals surface area contributed by atoms with Crippen molar-refractivity contribution in [3.63, 3.8) is 0 Å². The summed E-state index contributed by atoms with van der Waals surface area (Å²) in [5.41, 5.74) is 0.664. The lowest BCUT2D eigenvalue weighted by Gasteiger charge is -2.31. The van der Waals surface area contributed by atoms with Gasteiger partial charge in [0.1, 0.15) is 17.8 Å². The number of nitrogens with one attached hydrogen (secondary N) is 2. The summed E-state index contributed by atoms with van der Waals surface area (Å²) in [5, 5.41) is 7.37. The molecule has 0 bridgehead atoms. The maximum atomic E-state index is 13.3. The number of para-hydroxylation sites is 1. The first-order chi connectivity index (χ1) is 15.8. The highest BCUT2D eigenvalue weighted by molar-refractivity contribution is 7.10. The van der Waals surface area contributed by atoms with Crippen LogP contribution in [-0.4, -0.2) is 38.7 Å². The number of aromatic nitrogens is 2. The van der Waals surface area contributed by atoms with Gasteiger partial charge in [-0.1, -0.05) is 18.2 Å². The summed E-state index contributed by atoms with van der Waals surface area (Å²) in [6.45, 7) is 1.25. The van der Waals surface area contributed by atoms with Crippen LogP contribution in [-0.2, 0) is 28.6 Å². The summed E-state index contributed by atoms with van der Waals surface area (Å²) in [6, 6.07) is 10.4. The van der Waals surface area contributed by atoms with Gasteiger partial charge in [0.05, 0.1) is 11.4 Å². The molecule has 0 saturated carbocycles. The average Bonchev–Trinajstić information content (AvgIpc) is 3.43. The van der Waals surface area contributed by atoms with Crippen molar-refractivity contribution in [2.75, 3.05) is 11.9 Å². The Labute approximate surface area is 193 Å². The van der Waals surface area contributed by atoms with E-state index in [9.17, 15) is 19.2 Å². The lowest BCUT2D eigenvalue weighted by molar-refractivity contribution is -0.134. The number of aryl methyl sites for hydroxylation is 1. The molecule has 0 radical (unpaired) electrons. The Kier molecular flexibility index (Phi) is 4.97. The summed E-state index contributed by atoms with van der Waals surface area (Å²) in [6.07, 6.45) is 2.15. The van der Waals surface area contributed by atoms with Crippen molar-refractivity contribution in [3.8, 4) is 5.69 Å². The molecular formula is C23H23N5O4S. The molecule has 1 spiro atoms. The number of rotatable bonds is 4. The van der Waals surface area contributed by atoms with Crippen LogP contribution in [0.3, 0.4) is 0 Å². The number of fused-ring (bicyclic) bond motifs is 2. The molecule has 1 saturated heterocycles. The molecule has 33 heavy (non-hydrogen) atoms. The minimum Gasteiger partial charge on any atom is -0.319 e. The number of benzene rings is 1. The number of carbonyl (C=O) groups is 3. The van der Waals surface area contributed by atoms with Gasteiger partial charge >= 0.3 is 6.03 Å². The number of hydrogen-bond donors (Lipinski definition) is 2. The smallest absolute Gasteiger partial charge is 0.319 e. The lowest BCUT2D eigenvalue weighted by Crippen LogP contribution is -2.46. The fourth-order valence-electron chi connectivity index (χ4n) is 4.72. The molecular weight excluding hydrogens is 442 g/mol. The van der Waals surface area contributed by atoms with Gasteiger partial charge in [0.2, 0.25) is 5.91 Å². The molecule has 9 nitrogen and oxygen atoms in total. The van der Waals surface area contributed by atoms with Gasteiger partial charge in [0, 0.05) is 17.5 Å². The number of urea groups is 1. The number of anilines is 1. The first kappa shape index (κ1) is 21.2. The van der Waals surface area contributed by atoms with E-state index in [2.05, 4.69) is 10.6 Å². The fraction of sp³-hybridized carbons (Fsp3) is 0.304. The Morgan fingerprint density at radius 1 is 1.18 bits per heavy atom. The van der Waals surface area contributed by atoms with Gasteiger partial charge in [-0.2, -0.15) is 0 Å². The Balaban J connectivity index is 1.38. The van der Waals surface area contributed by atoms with E-state index < -0.39 is 35.5 Å². The van der Waals surface area contributed by atoms with Crippen molar-refractivity contribution in [2.45, 2.75) is 31.7 Å². The molecule has 1 fully saturated rings. The molecule has 1 aliphatic carbocycles. The Morgan fingerprint density at radius 2 is 1.94 bits per heavy atom. The predicted octanol–water partition coefficient (Wildman–Crippen LogP) is 2.27. The van der Waals surface area contributed by atoms with Crippen LogP contribution in [0.2, 0.25) is 0 Å². The van der Waals surface area contributed by atoms with Crippen molar-refractivity contribution in [1.29, 1.82) is 0 Å². The van der Waals surface area contributed by atoms with Gasteiger partial charge in [-0.3, -0.25) is 24.0 Å². The third-order valence-electron chi connectivity index (χ3n) is 6.46. The highest BCUT2D eigenvalue weighted by Crippen LogP contribution is 2.42. The topological polar surface area (TPSA) is 105 Å². The molecule has 3 heterocycles. The van der Waals surface area contributed by atoms with Crippen molar-refractivity contribution >= 4 is 34.9 Å². The lowest BCUT2D eigenvalue weighted by atomic mass is 9.80. The number of nitrogens with zero attached hydrogens (tertiary/aromatic N) is 3. The highest BCUT2D eigenvalue weighted by Gasteiger charge is 2.54. The normalized spacial score (nSPS) is 19.6. The van der Waals surface area contributed by atoms with E-state index in [1.165, 1.54) is 4.68 Å². The standard InChI is InChI=1S/C23H23N5O4S/c1-14-19(20(30)28(26(14)2)15-7-4-3-5-8-15)24-18(29)13-27-21(31)23(25-22(27)32)11-6-9-17-16(23)10-12-33-17/h3-5,7-8,10,12H,6,9,11,13H2,1-2H3,(H,24,29)(H,25,32)/t23-/m1/s1. The zero-order valence-electron chi connectivity index (χ0n) is 18.3. The van der Waals surface area contributed by atoms with Gasteiger partial charge in [-0.15, -0.1) is 11.3 Å². The van der Waals surface area contributed by atoms with Crippen LogP contribution in [0, 0.1) is 6.92 Å². The van der Waals surface area contributed by atoms with Gasteiger partial charge in [-0.25, -0.2) is 9.48 Å². The maximum absolute atomic E-state index is 13.3. The first-order valence-electron chi connectivity index (χ1n) is 10.7. The molecule has 4 amide bonds. The number of thiophene rings is 1. The number of hydrogen-bond acceptors (Lipinski definition) is 5. The van der Waals surface area contributed by atoms with Crippen LogP contribution in [0.25, 0.3) is 5.69 Å². The molecule has 1 aromatic carbocycles. The zero-order valence-corrected chi connectivity index (χ0v) is 19.1.